The molecule has 0 atom stereocenters. The van der Waals surface area contributed by atoms with E-state index in [1.54, 1.807) is 18.3 Å². The second-order valence-electron chi connectivity index (χ2n) is 7.12. The number of carbonyl (C=O) groups excluding carboxylic acids is 1. The van der Waals surface area contributed by atoms with E-state index >= 15 is 0 Å². The molecule has 8 heteroatoms. The summed E-state index contributed by atoms with van der Waals surface area (Å²) < 4.78 is 3.81. The van der Waals surface area contributed by atoms with Gasteiger partial charge in [-0.25, -0.2) is 0 Å². The van der Waals surface area contributed by atoms with Crippen molar-refractivity contribution < 1.29 is 4.79 Å². The van der Waals surface area contributed by atoms with Crippen molar-refractivity contribution in [3.05, 3.63) is 62.9 Å². The lowest BCUT2D eigenvalue weighted by Crippen LogP contribution is -2.35. The zero-order valence-corrected chi connectivity index (χ0v) is 17.4. The lowest BCUT2D eigenvalue weighted by molar-refractivity contribution is 0.0771. The van der Waals surface area contributed by atoms with Gasteiger partial charge in [0.15, 0.2) is 0 Å². The molecule has 2 aromatic heterocycles. The summed E-state index contributed by atoms with van der Waals surface area (Å²) in [5.74, 6) is 0.611. The second-order valence-corrected chi connectivity index (χ2v) is 7.55. The third-order valence-corrected chi connectivity index (χ3v) is 5.64. The summed E-state index contributed by atoms with van der Waals surface area (Å²) in [6.45, 7) is 7.55. The first-order chi connectivity index (χ1) is 13.9. The van der Waals surface area contributed by atoms with Crippen LogP contribution < -0.4 is 5.56 Å². The van der Waals surface area contributed by atoms with Gasteiger partial charge < -0.3 is 9.47 Å². The SMILES string of the molecule is CCn1ncc(C(=O)N2CC=C(n3c(C)nc(=O)c4cc(Cl)ccc43)CC2)c1C. The minimum absolute atomic E-state index is 0.0103. The van der Waals surface area contributed by atoms with Gasteiger partial charge in [-0.1, -0.05) is 11.6 Å². The quantitative estimate of drug-likeness (QED) is 0.663. The van der Waals surface area contributed by atoms with Crippen LogP contribution in [0.1, 0.15) is 35.2 Å². The summed E-state index contributed by atoms with van der Waals surface area (Å²) in [6.07, 6.45) is 4.33. The van der Waals surface area contributed by atoms with Gasteiger partial charge in [0.05, 0.1) is 22.7 Å². The third kappa shape index (κ3) is 3.35. The van der Waals surface area contributed by atoms with E-state index < -0.39 is 0 Å². The summed E-state index contributed by atoms with van der Waals surface area (Å²) in [5, 5.41) is 5.27. The molecule has 0 aliphatic carbocycles. The number of aryl methyl sites for hydroxylation is 2. The van der Waals surface area contributed by atoms with E-state index in [-0.39, 0.29) is 11.5 Å². The van der Waals surface area contributed by atoms with Crippen LogP contribution in [-0.4, -0.2) is 43.2 Å². The maximum Gasteiger partial charge on any atom is 0.280 e. The molecule has 0 radical (unpaired) electrons. The zero-order chi connectivity index (χ0) is 20.7. The maximum atomic E-state index is 12.9. The average molecular weight is 412 g/mol. The molecular formula is C21H22ClN5O2. The fourth-order valence-electron chi connectivity index (χ4n) is 3.86. The van der Waals surface area contributed by atoms with E-state index in [1.807, 2.05) is 47.1 Å². The Morgan fingerprint density at radius 3 is 2.72 bits per heavy atom. The number of hydrogen-bond donors (Lipinski definition) is 0. The lowest BCUT2D eigenvalue weighted by Gasteiger charge is -2.28. The molecule has 150 valence electrons. The molecule has 7 nitrogen and oxygen atoms in total. The van der Waals surface area contributed by atoms with Crippen LogP contribution in [-0.2, 0) is 6.54 Å². The molecule has 0 saturated heterocycles. The number of carbonyl (C=O) groups is 1. The molecule has 0 fully saturated rings. The van der Waals surface area contributed by atoms with E-state index in [9.17, 15) is 9.59 Å². The van der Waals surface area contributed by atoms with Crippen molar-refractivity contribution in [2.75, 3.05) is 13.1 Å². The predicted molar refractivity (Wildman–Crippen MR) is 113 cm³/mol. The van der Waals surface area contributed by atoms with E-state index in [0.717, 1.165) is 23.5 Å². The Labute approximate surface area is 173 Å². The first-order valence-electron chi connectivity index (χ1n) is 9.60. The third-order valence-electron chi connectivity index (χ3n) is 5.41. The smallest absolute Gasteiger partial charge is 0.280 e. The number of rotatable bonds is 3. The molecule has 1 aliphatic heterocycles. The largest absolute Gasteiger partial charge is 0.334 e. The van der Waals surface area contributed by atoms with Gasteiger partial charge in [0.25, 0.3) is 11.5 Å². The number of benzene rings is 1. The van der Waals surface area contributed by atoms with Crippen molar-refractivity contribution in [1.29, 1.82) is 0 Å². The maximum absolute atomic E-state index is 12.9. The Balaban J connectivity index is 1.66. The minimum Gasteiger partial charge on any atom is -0.334 e. The summed E-state index contributed by atoms with van der Waals surface area (Å²) in [6, 6.07) is 5.26. The summed E-state index contributed by atoms with van der Waals surface area (Å²) in [5.41, 5.74) is 3.04. The lowest BCUT2D eigenvalue weighted by atomic mass is 10.1. The van der Waals surface area contributed by atoms with Crippen LogP contribution in [0.25, 0.3) is 16.6 Å². The van der Waals surface area contributed by atoms with Crippen LogP contribution in [0.4, 0.5) is 0 Å². The Bertz CT molecular complexity index is 1210. The molecule has 1 aromatic carbocycles. The number of nitrogens with zero attached hydrogens (tertiary/aromatic N) is 5. The molecule has 3 aromatic rings. The normalized spacial score (nSPS) is 14.3. The Morgan fingerprint density at radius 2 is 2.07 bits per heavy atom. The van der Waals surface area contributed by atoms with Crippen LogP contribution in [0.15, 0.2) is 35.3 Å². The molecule has 29 heavy (non-hydrogen) atoms. The molecule has 1 amide bonds. The van der Waals surface area contributed by atoms with Gasteiger partial charge in [-0.3, -0.25) is 14.3 Å². The highest BCUT2D eigenvalue weighted by atomic mass is 35.5. The van der Waals surface area contributed by atoms with Crippen molar-refractivity contribution >= 4 is 34.1 Å². The molecule has 0 spiro atoms. The van der Waals surface area contributed by atoms with Crippen molar-refractivity contribution in [3.63, 3.8) is 0 Å². The van der Waals surface area contributed by atoms with Crippen LogP contribution in [0.5, 0.6) is 0 Å². The predicted octanol–water partition coefficient (Wildman–Crippen LogP) is 3.27. The van der Waals surface area contributed by atoms with E-state index in [0.29, 0.717) is 41.3 Å². The van der Waals surface area contributed by atoms with Crippen molar-refractivity contribution in [1.82, 2.24) is 24.2 Å². The van der Waals surface area contributed by atoms with Gasteiger partial charge >= 0.3 is 0 Å². The van der Waals surface area contributed by atoms with Crippen LogP contribution in [0.2, 0.25) is 5.02 Å². The highest BCUT2D eigenvalue weighted by Crippen LogP contribution is 2.25. The van der Waals surface area contributed by atoms with E-state index in [1.165, 1.54) is 0 Å². The van der Waals surface area contributed by atoms with Crippen molar-refractivity contribution in [2.45, 2.75) is 33.7 Å². The van der Waals surface area contributed by atoms with Gasteiger partial charge in [0.2, 0.25) is 0 Å². The molecule has 4 rings (SSSR count). The highest BCUT2D eigenvalue weighted by molar-refractivity contribution is 6.31. The van der Waals surface area contributed by atoms with Gasteiger partial charge in [0, 0.05) is 42.5 Å². The van der Waals surface area contributed by atoms with Gasteiger partial charge in [-0.05, 0) is 45.0 Å². The monoisotopic (exact) mass is 411 g/mol. The number of halogens is 1. The highest BCUT2D eigenvalue weighted by Gasteiger charge is 2.23. The Morgan fingerprint density at radius 1 is 1.28 bits per heavy atom. The van der Waals surface area contributed by atoms with Gasteiger partial charge in [-0.2, -0.15) is 10.1 Å². The number of aromatic nitrogens is 4. The summed E-state index contributed by atoms with van der Waals surface area (Å²) >= 11 is 6.06. The van der Waals surface area contributed by atoms with Gasteiger partial charge in [-0.15, -0.1) is 0 Å². The molecular weight excluding hydrogens is 390 g/mol. The molecule has 3 heterocycles. The summed E-state index contributed by atoms with van der Waals surface area (Å²) in [7, 11) is 0. The molecule has 0 bridgehead atoms. The number of hydrogen-bond acceptors (Lipinski definition) is 4. The standard InChI is InChI=1S/C21H22ClN5O2/c1-4-26-13(2)18(12-23-26)21(29)25-9-7-16(8-10-25)27-14(3)24-20(28)17-11-15(22)5-6-19(17)27/h5-7,11-12H,4,8-10H2,1-3H3. The topological polar surface area (TPSA) is 73.0 Å². The van der Waals surface area contributed by atoms with Crippen LogP contribution in [0, 0.1) is 13.8 Å². The Hall–Kier alpha value is -2.93. The number of fused-ring (bicyclic) bond motifs is 1. The minimum atomic E-state index is -0.284. The molecule has 0 unspecified atom stereocenters. The van der Waals surface area contributed by atoms with E-state index in [4.69, 9.17) is 11.6 Å². The molecule has 0 N–H and O–H groups in total. The fraction of sp³-hybridized carbons (Fsp3) is 0.333. The number of amides is 1. The first-order valence-corrected chi connectivity index (χ1v) is 9.98. The van der Waals surface area contributed by atoms with Crippen molar-refractivity contribution in [2.24, 2.45) is 0 Å². The second kappa shape index (κ2) is 7.48. The average Bonchev–Trinajstić information content (AvgIpc) is 3.09. The first kappa shape index (κ1) is 19.4. The van der Waals surface area contributed by atoms with Gasteiger partial charge in [0.1, 0.15) is 5.82 Å². The molecule has 0 saturated carbocycles. The van der Waals surface area contributed by atoms with Crippen LogP contribution in [0.3, 0.4) is 0 Å². The van der Waals surface area contributed by atoms with Crippen molar-refractivity contribution in [3.8, 4) is 0 Å². The Kier molecular flexibility index (Phi) is 5.00. The summed E-state index contributed by atoms with van der Waals surface area (Å²) in [4.78, 5) is 31.2. The molecule has 1 aliphatic rings. The fourth-order valence-corrected chi connectivity index (χ4v) is 4.03. The zero-order valence-electron chi connectivity index (χ0n) is 16.6. The van der Waals surface area contributed by atoms with E-state index in [2.05, 4.69) is 10.1 Å². The van der Waals surface area contributed by atoms with Crippen LogP contribution >= 0.6 is 11.6 Å².